The Morgan fingerprint density at radius 2 is 2.04 bits per heavy atom. The van der Waals surface area contributed by atoms with Gasteiger partial charge in [0.05, 0.1) is 12.0 Å². The van der Waals surface area contributed by atoms with Gasteiger partial charge in [-0.1, -0.05) is 11.6 Å². The summed E-state index contributed by atoms with van der Waals surface area (Å²) in [5, 5.41) is 4.23. The minimum atomic E-state index is -0.327. The molecule has 1 amide bonds. The van der Waals surface area contributed by atoms with Crippen LogP contribution < -0.4 is 5.32 Å². The molecule has 2 aromatic heterocycles. The highest BCUT2D eigenvalue weighted by molar-refractivity contribution is 6.31. The van der Waals surface area contributed by atoms with E-state index in [4.69, 9.17) is 20.4 Å². The molecule has 4 aromatic rings. The van der Waals surface area contributed by atoms with E-state index in [0.717, 1.165) is 0 Å². The fourth-order valence-corrected chi connectivity index (χ4v) is 3.64. The lowest BCUT2D eigenvalue weighted by molar-refractivity contribution is -0.123. The van der Waals surface area contributed by atoms with E-state index in [2.05, 4.69) is 10.3 Å². The maximum Gasteiger partial charge on any atom is 0.224 e. The van der Waals surface area contributed by atoms with Crippen LogP contribution in [0, 0.1) is 11.7 Å². The average molecular weight is 399 g/mol. The number of halogens is 2. The highest BCUT2D eigenvalue weighted by atomic mass is 35.5. The smallest absolute Gasteiger partial charge is 0.224 e. The Morgan fingerprint density at radius 3 is 2.89 bits per heavy atom. The summed E-state index contributed by atoms with van der Waals surface area (Å²) in [4.78, 5) is 17.1. The molecule has 0 bridgehead atoms. The number of hydrogen-bond acceptors (Lipinski definition) is 4. The van der Waals surface area contributed by atoms with Crippen molar-refractivity contribution in [1.29, 1.82) is 0 Å². The Bertz CT molecular complexity index is 1220. The number of oxazole rings is 1. The zero-order valence-electron chi connectivity index (χ0n) is 14.9. The topological polar surface area (TPSA) is 68.3 Å². The van der Waals surface area contributed by atoms with Gasteiger partial charge in [-0.2, -0.15) is 0 Å². The van der Waals surface area contributed by atoms with E-state index in [1.165, 1.54) is 12.1 Å². The van der Waals surface area contributed by atoms with Gasteiger partial charge in [-0.15, -0.1) is 0 Å². The third-order valence-corrected chi connectivity index (χ3v) is 5.33. The van der Waals surface area contributed by atoms with Crippen LogP contribution in [0.15, 0.2) is 51.3 Å². The third-order valence-electron chi connectivity index (χ3n) is 5.09. The van der Waals surface area contributed by atoms with Crippen LogP contribution in [-0.2, 0) is 4.79 Å². The van der Waals surface area contributed by atoms with Gasteiger partial charge >= 0.3 is 0 Å². The van der Waals surface area contributed by atoms with E-state index >= 15 is 0 Å². The average Bonchev–Trinajstić information content (AvgIpc) is 3.17. The molecule has 5 rings (SSSR count). The van der Waals surface area contributed by atoms with Gasteiger partial charge in [-0.3, -0.25) is 4.79 Å². The molecular formula is C21H16ClFN2O3. The maximum atomic E-state index is 13.3. The molecule has 2 heterocycles. The summed E-state index contributed by atoms with van der Waals surface area (Å²) in [7, 11) is 0. The van der Waals surface area contributed by atoms with Crippen molar-refractivity contribution in [2.45, 2.75) is 25.3 Å². The number of hydrogen-bond donors (Lipinski definition) is 1. The maximum absolute atomic E-state index is 13.3. The molecule has 7 heteroatoms. The zero-order chi connectivity index (χ0) is 19.4. The van der Waals surface area contributed by atoms with Gasteiger partial charge in [0.2, 0.25) is 5.91 Å². The Morgan fingerprint density at radius 1 is 1.21 bits per heavy atom. The summed E-state index contributed by atoms with van der Waals surface area (Å²) in [6, 6.07) is 11.0. The molecule has 142 valence electrons. The summed E-state index contributed by atoms with van der Waals surface area (Å²) in [6.07, 6.45) is 0.685. The van der Waals surface area contributed by atoms with Crippen molar-refractivity contribution < 1.29 is 18.0 Å². The van der Waals surface area contributed by atoms with Crippen LogP contribution in [0.1, 0.15) is 37.0 Å². The van der Waals surface area contributed by atoms with Crippen molar-refractivity contribution in [3.8, 4) is 0 Å². The summed E-state index contributed by atoms with van der Waals surface area (Å²) >= 11 is 5.98. The van der Waals surface area contributed by atoms with Gasteiger partial charge < -0.3 is 14.2 Å². The van der Waals surface area contributed by atoms with Crippen LogP contribution in [0.2, 0.25) is 5.02 Å². The molecule has 1 N–H and O–H groups in total. The number of fused-ring (bicyclic) bond motifs is 2. The Labute approximate surface area is 164 Å². The first-order chi connectivity index (χ1) is 13.5. The number of carbonyl (C=O) groups is 1. The molecule has 3 atom stereocenters. The monoisotopic (exact) mass is 398 g/mol. The Kier molecular flexibility index (Phi) is 3.91. The van der Waals surface area contributed by atoms with Crippen molar-refractivity contribution in [2.24, 2.45) is 5.92 Å². The minimum Gasteiger partial charge on any atom is -0.459 e. The molecule has 0 spiro atoms. The molecule has 28 heavy (non-hydrogen) atoms. The molecule has 5 nitrogen and oxygen atoms in total. The molecule has 1 aliphatic carbocycles. The van der Waals surface area contributed by atoms with E-state index in [-0.39, 0.29) is 29.6 Å². The van der Waals surface area contributed by atoms with Crippen LogP contribution in [0.3, 0.4) is 0 Å². The largest absolute Gasteiger partial charge is 0.459 e. The zero-order valence-corrected chi connectivity index (χ0v) is 15.7. The van der Waals surface area contributed by atoms with Crippen LogP contribution in [0.25, 0.3) is 22.1 Å². The Balaban J connectivity index is 1.28. The Hall–Kier alpha value is -2.86. The van der Waals surface area contributed by atoms with Crippen LogP contribution in [0.5, 0.6) is 0 Å². The molecular weight excluding hydrogens is 383 g/mol. The van der Waals surface area contributed by atoms with Gasteiger partial charge in [0.15, 0.2) is 11.5 Å². The van der Waals surface area contributed by atoms with Crippen molar-refractivity contribution in [2.75, 3.05) is 0 Å². The van der Waals surface area contributed by atoms with Crippen LogP contribution in [0.4, 0.5) is 4.39 Å². The van der Waals surface area contributed by atoms with Crippen LogP contribution in [-0.4, -0.2) is 10.9 Å². The second kappa shape index (κ2) is 6.34. The molecule has 0 aliphatic heterocycles. The van der Waals surface area contributed by atoms with Gasteiger partial charge in [0.1, 0.15) is 22.7 Å². The molecule has 2 aromatic carbocycles. The highest BCUT2D eigenvalue weighted by Gasteiger charge is 2.47. The first-order valence-corrected chi connectivity index (χ1v) is 9.41. The number of carbonyl (C=O) groups excluding carboxylic acids is 1. The number of aromatic nitrogens is 1. The van der Waals surface area contributed by atoms with Gasteiger partial charge in [-0.25, -0.2) is 9.37 Å². The van der Waals surface area contributed by atoms with E-state index < -0.39 is 0 Å². The molecule has 1 saturated carbocycles. The third kappa shape index (κ3) is 3.03. The fraction of sp³-hybridized carbons (Fsp3) is 0.238. The molecule has 1 fully saturated rings. The lowest BCUT2D eigenvalue weighted by Gasteiger charge is -2.10. The number of benzene rings is 2. The normalized spacial score (nSPS) is 19.8. The number of nitrogens with zero attached hydrogens (tertiary/aromatic N) is 1. The molecule has 0 radical (unpaired) electrons. The van der Waals surface area contributed by atoms with E-state index in [1.807, 2.05) is 6.92 Å². The summed E-state index contributed by atoms with van der Waals surface area (Å²) in [5.74, 6) is 0.518. The SMILES string of the molecule is CC(NC(=O)[C@@H]1C[C@H]1c1nc2cc(Cl)ccc2o1)c1cc2cc(F)ccc2o1. The highest BCUT2D eigenvalue weighted by Crippen LogP contribution is 2.48. The van der Waals surface area contributed by atoms with Gasteiger partial charge in [-0.05, 0) is 55.8 Å². The van der Waals surface area contributed by atoms with E-state index in [1.54, 1.807) is 30.3 Å². The van der Waals surface area contributed by atoms with Crippen molar-refractivity contribution in [3.63, 3.8) is 0 Å². The quantitative estimate of drug-likeness (QED) is 0.503. The fourth-order valence-electron chi connectivity index (χ4n) is 3.47. The number of amides is 1. The predicted molar refractivity (Wildman–Crippen MR) is 103 cm³/mol. The van der Waals surface area contributed by atoms with E-state index in [9.17, 15) is 9.18 Å². The number of furan rings is 1. The summed E-state index contributed by atoms with van der Waals surface area (Å²) in [6.45, 7) is 1.84. The molecule has 0 saturated heterocycles. The van der Waals surface area contributed by atoms with Gasteiger partial charge in [0.25, 0.3) is 0 Å². The first-order valence-electron chi connectivity index (χ1n) is 9.03. The molecule has 1 aliphatic rings. The van der Waals surface area contributed by atoms with Crippen LogP contribution >= 0.6 is 11.6 Å². The predicted octanol–water partition coefficient (Wildman–Crippen LogP) is 5.35. The second-order valence-corrected chi connectivity index (χ2v) is 7.61. The summed E-state index contributed by atoms with van der Waals surface area (Å²) in [5.41, 5.74) is 1.94. The van der Waals surface area contributed by atoms with Crippen molar-refractivity contribution >= 4 is 39.6 Å². The minimum absolute atomic E-state index is 0.0388. The first kappa shape index (κ1) is 17.3. The lowest BCUT2D eigenvalue weighted by Crippen LogP contribution is -2.28. The van der Waals surface area contributed by atoms with Crippen molar-refractivity contribution in [1.82, 2.24) is 10.3 Å². The number of nitrogens with one attached hydrogen (secondary N) is 1. The number of rotatable bonds is 4. The van der Waals surface area contributed by atoms with Crippen molar-refractivity contribution in [3.05, 3.63) is 65.0 Å². The lowest BCUT2D eigenvalue weighted by atomic mass is 10.2. The summed E-state index contributed by atoms with van der Waals surface area (Å²) < 4.78 is 24.8. The standard InChI is InChI=1S/C21H16ClFN2O3/c1-10(19-7-11-6-13(23)3-5-17(11)27-19)24-20(26)14-9-15(14)21-25-16-8-12(22)2-4-18(16)28-21/h2-8,10,14-15H,9H2,1H3,(H,24,26)/t10?,14-,15-/m1/s1. The van der Waals surface area contributed by atoms with Gasteiger partial charge in [0, 0.05) is 16.3 Å². The molecule has 1 unspecified atom stereocenters. The van der Waals surface area contributed by atoms with E-state index in [0.29, 0.717) is 45.2 Å². The second-order valence-electron chi connectivity index (χ2n) is 7.17.